The fourth-order valence-corrected chi connectivity index (χ4v) is 1.78. The van der Waals surface area contributed by atoms with Crippen LogP contribution in [0.5, 0.6) is 0 Å². The first kappa shape index (κ1) is 11.2. The molecule has 0 amide bonds. The summed E-state index contributed by atoms with van der Waals surface area (Å²) < 4.78 is 1.69. The maximum absolute atomic E-state index is 9.12. The summed E-state index contributed by atoms with van der Waals surface area (Å²) in [5.74, 6) is 0.735. The molecular formula is C13H14N4. The van der Waals surface area contributed by atoms with Gasteiger partial charge < -0.3 is 5.32 Å². The Kier molecular flexibility index (Phi) is 2.84. The Hall–Kier alpha value is -2.28. The lowest BCUT2D eigenvalue weighted by atomic mass is 10.2. The maximum atomic E-state index is 9.12. The third-order valence-corrected chi connectivity index (χ3v) is 2.73. The minimum absolute atomic E-state index is 0.593. The minimum atomic E-state index is 0.593. The molecule has 0 saturated carbocycles. The lowest BCUT2D eigenvalue weighted by Gasteiger charge is -2.09. The van der Waals surface area contributed by atoms with Crippen molar-refractivity contribution in [3.63, 3.8) is 0 Å². The number of nitrogens with zero attached hydrogens (tertiary/aromatic N) is 3. The summed E-state index contributed by atoms with van der Waals surface area (Å²) in [4.78, 5) is 0. The Labute approximate surface area is 100 Å². The molecule has 4 heteroatoms. The van der Waals surface area contributed by atoms with Gasteiger partial charge in [0, 0.05) is 12.7 Å². The number of aryl methyl sites for hydroxylation is 3. The molecule has 2 aromatic rings. The molecule has 0 aliphatic rings. The zero-order valence-corrected chi connectivity index (χ0v) is 10.2. The molecule has 0 bridgehead atoms. The van der Waals surface area contributed by atoms with Crippen LogP contribution in [-0.4, -0.2) is 9.78 Å². The summed E-state index contributed by atoms with van der Waals surface area (Å²) in [6.45, 7) is 3.86. The quantitative estimate of drug-likeness (QED) is 0.856. The van der Waals surface area contributed by atoms with Gasteiger partial charge in [-0.3, -0.25) is 4.68 Å². The molecule has 0 unspecified atom stereocenters. The Bertz CT molecular complexity index is 590. The van der Waals surface area contributed by atoms with Gasteiger partial charge in [0.1, 0.15) is 17.5 Å². The number of hydrogen-bond acceptors (Lipinski definition) is 3. The molecule has 1 heterocycles. The fraction of sp³-hybridized carbons (Fsp3) is 0.231. The third-order valence-electron chi connectivity index (χ3n) is 2.73. The van der Waals surface area contributed by atoms with Gasteiger partial charge in [0.05, 0.1) is 5.69 Å². The number of rotatable bonds is 2. The lowest BCUT2D eigenvalue weighted by molar-refractivity contribution is 0.765. The summed E-state index contributed by atoms with van der Waals surface area (Å²) in [6.07, 6.45) is 0. The van der Waals surface area contributed by atoms with Gasteiger partial charge in [-0.15, -0.1) is 0 Å². The number of para-hydroxylation sites is 1. The summed E-state index contributed by atoms with van der Waals surface area (Å²) >= 11 is 0. The number of nitrogens with one attached hydrogen (secondary N) is 1. The average Bonchev–Trinajstić information content (AvgIpc) is 2.56. The molecule has 0 spiro atoms. The molecule has 1 aromatic heterocycles. The number of anilines is 2. The van der Waals surface area contributed by atoms with E-state index >= 15 is 0 Å². The fourth-order valence-electron chi connectivity index (χ4n) is 1.78. The highest BCUT2D eigenvalue weighted by molar-refractivity contribution is 5.66. The highest BCUT2D eigenvalue weighted by Crippen LogP contribution is 2.24. The van der Waals surface area contributed by atoms with Gasteiger partial charge in [-0.05, 0) is 25.5 Å². The molecule has 1 N–H and O–H groups in total. The Morgan fingerprint density at radius 2 is 2.00 bits per heavy atom. The van der Waals surface area contributed by atoms with Gasteiger partial charge in [-0.2, -0.15) is 10.4 Å². The second kappa shape index (κ2) is 4.30. The third kappa shape index (κ3) is 2.00. The van der Waals surface area contributed by atoms with Crippen LogP contribution >= 0.6 is 0 Å². The van der Waals surface area contributed by atoms with Crippen LogP contribution in [0.3, 0.4) is 0 Å². The second-order valence-corrected chi connectivity index (χ2v) is 3.98. The topological polar surface area (TPSA) is 53.6 Å². The molecular weight excluding hydrogens is 212 g/mol. The van der Waals surface area contributed by atoms with E-state index in [1.807, 2.05) is 45.2 Å². The van der Waals surface area contributed by atoms with Crippen molar-refractivity contribution >= 4 is 11.5 Å². The van der Waals surface area contributed by atoms with E-state index < -0.39 is 0 Å². The van der Waals surface area contributed by atoms with Crippen molar-refractivity contribution < 1.29 is 0 Å². The molecule has 0 radical (unpaired) electrons. The second-order valence-electron chi connectivity index (χ2n) is 3.98. The SMILES string of the molecule is Cc1ccccc1Nc1c(C#N)c(C)nn1C. The van der Waals surface area contributed by atoms with Crippen molar-refractivity contribution in [1.82, 2.24) is 9.78 Å². The first-order valence-corrected chi connectivity index (χ1v) is 5.40. The van der Waals surface area contributed by atoms with Crippen LogP contribution in [0.15, 0.2) is 24.3 Å². The van der Waals surface area contributed by atoms with Crippen molar-refractivity contribution in [2.24, 2.45) is 7.05 Å². The molecule has 4 nitrogen and oxygen atoms in total. The van der Waals surface area contributed by atoms with E-state index in [1.54, 1.807) is 4.68 Å². The van der Waals surface area contributed by atoms with Gasteiger partial charge in [0.2, 0.25) is 0 Å². The Morgan fingerprint density at radius 1 is 1.29 bits per heavy atom. The molecule has 86 valence electrons. The van der Waals surface area contributed by atoms with Crippen LogP contribution in [0.25, 0.3) is 0 Å². The van der Waals surface area contributed by atoms with Crippen molar-refractivity contribution in [2.45, 2.75) is 13.8 Å². The molecule has 17 heavy (non-hydrogen) atoms. The van der Waals surface area contributed by atoms with Crippen LogP contribution in [-0.2, 0) is 7.05 Å². The normalized spacial score (nSPS) is 10.0. The predicted octanol–water partition coefficient (Wildman–Crippen LogP) is 2.65. The number of aromatic nitrogens is 2. The van der Waals surface area contributed by atoms with E-state index in [-0.39, 0.29) is 0 Å². The van der Waals surface area contributed by atoms with Crippen LogP contribution in [0.1, 0.15) is 16.8 Å². The van der Waals surface area contributed by atoms with E-state index in [1.165, 1.54) is 0 Å². The first-order chi connectivity index (χ1) is 8.13. The lowest BCUT2D eigenvalue weighted by Crippen LogP contribution is -2.01. The van der Waals surface area contributed by atoms with E-state index in [2.05, 4.69) is 16.5 Å². The molecule has 0 aliphatic heterocycles. The summed E-state index contributed by atoms with van der Waals surface area (Å²) in [6, 6.07) is 10.1. The number of benzene rings is 1. The molecule has 0 fully saturated rings. The van der Waals surface area contributed by atoms with Gasteiger partial charge in [-0.1, -0.05) is 18.2 Å². The summed E-state index contributed by atoms with van der Waals surface area (Å²) in [7, 11) is 1.83. The maximum Gasteiger partial charge on any atom is 0.146 e. The predicted molar refractivity (Wildman–Crippen MR) is 67.1 cm³/mol. The minimum Gasteiger partial charge on any atom is -0.339 e. The molecule has 0 atom stereocenters. The van der Waals surface area contributed by atoms with Crippen molar-refractivity contribution in [1.29, 1.82) is 5.26 Å². The highest BCUT2D eigenvalue weighted by atomic mass is 15.3. The summed E-state index contributed by atoms with van der Waals surface area (Å²) in [5.41, 5.74) is 3.46. The first-order valence-electron chi connectivity index (χ1n) is 5.40. The molecule has 0 saturated heterocycles. The zero-order chi connectivity index (χ0) is 12.4. The van der Waals surface area contributed by atoms with Crippen LogP contribution in [0.2, 0.25) is 0 Å². The Morgan fingerprint density at radius 3 is 2.65 bits per heavy atom. The van der Waals surface area contributed by atoms with Crippen LogP contribution < -0.4 is 5.32 Å². The van der Waals surface area contributed by atoms with Crippen LogP contribution in [0.4, 0.5) is 11.5 Å². The van der Waals surface area contributed by atoms with Crippen molar-refractivity contribution in [3.8, 4) is 6.07 Å². The van der Waals surface area contributed by atoms with Crippen LogP contribution in [0, 0.1) is 25.2 Å². The summed E-state index contributed by atoms with van der Waals surface area (Å²) in [5, 5.41) is 16.6. The average molecular weight is 226 g/mol. The van der Waals surface area contributed by atoms with E-state index in [4.69, 9.17) is 5.26 Å². The van der Waals surface area contributed by atoms with Gasteiger partial charge >= 0.3 is 0 Å². The van der Waals surface area contributed by atoms with Gasteiger partial charge in [0.25, 0.3) is 0 Å². The highest BCUT2D eigenvalue weighted by Gasteiger charge is 2.13. The van der Waals surface area contributed by atoms with E-state index in [9.17, 15) is 0 Å². The molecule has 1 aromatic carbocycles. The monoisotopic (exact) mass is 226 g/mol. The van der Waals surface area contributed by atoms with Crippen molar-refractivity contribution in [2.75, 3.05) is 5.32 Å². The van der Waals surface area contributed by atoms with Crippen molar-refractivity contribution in [3.05, 3.63) is 41.1 Å². The standard InChI is InChI=1S/C13H14N4/c1-9-6-4-5-7-12(9)15-13-11(8-14)10(2)16-17(13)3/h4-7,15H,1-3H3. The van der Waals surface area contributed by atoms with Gasteiger partial charge in [0.15, 0.2) is 0 Å². The molecule has 2 rings (SSSR count). The number of nitriles is 1. The van der Waals surface area contributed by atoms with E-state index in [0.29, 0.717) is 5.56 Å². The van der Waals surface area contributed by atoms with E-state index in [0.717, 1.165) is 22.8 Å². The van der Waals surface area contributed by atoms with Gasteiger partial charge in [-0.25, -0.2) is 0 Å². The smallest absolute Gasteiger partial charge is 0.146 e. The number of hydrogen-bond donors (Lipinski definition) is 1. The molecule has 0 aliphatic carbocycles. The zero-order valence-electron chi connectivity index (χ0n) is 10.2. The largest absolute Gasteiger partial charge is 0.339 e. The Balaban J connectivity index is 2.44.